The van der Waals surface area contributed by atoms with Gasteiger partial charge in [0.05, 0.1) is 7.11 Å². The van der Waals surface area contributed by atoms with Crippen LogP contribution >= 0.6 is 0 Å². The Labute approximate surface area is 100 Å². The molecule has 0 spiro atoms. The highest BCUT2D eigenvalue weighted by Gasteiger charge is 2.20. The summed E-state index contributed by atoms with van der Waals surface area (Å²) in [6.45, 7) is 3.54. The largest absolute Gasteiger partial charge is 0.467 e. The maximum absolute atomic E-state index is 11.8. The van der Waals surface area contributed by atoms with Crippen LogP contribution in [-0.2, 0) is 9.53 Å². The number of carbonyl (C=O) groups excluding carboxylic acids is 2. The molecule has 90 valence electrons. The van der Waals surface area contributed by atoms with E-state index in [-0.39, 0.29) is 5.91 Å². The van der Waals surface area contributed by atoms with E-state index in [9.17, 15) is 9.59 Å². The predicted octanol–water partition coefficient (Wildman–Crippen LogP) is 1.53. The van der Waals surface area contributed by atoms with Gasteiger partial charge in [-0.25, -0.2) is 4.79 Å². The quantitative estimate of drug-likeness (QED) is 0.620. The summed E-state index contributed by atoms with van der Waals surface area (Å²) in [6.07, 6.45) is 1.90. The highest BCUT2D eigenvalue weighted by atomic mass is 16.5. The molecule has 1 amide bonds. The highest BCUT2D eigenvalue weighted by molar-refractivity contribution is 5.96. The van der Waals surface area contributed by atoms with Gasteiger partial charge in [-0.15, -0.1) is 6.58 Å². The normalized spacial score (nSPS) is 11.4. The molecular formula is C13H15NO3. The zero-order valence-corrected chi connectivity index (χ0v) is 9.68. The van der Waals surface area contributed by atoms with Crippen molar-refractivity contribution in [2.75, 3.05) is 7.11 Å². The van der Waals surface area contributed by atoms with Crippen molar-refractivity contribution in [1.82, 2.24) is 5.32 Å². The minimum absolute atomic E-state index is 0.303. The molecule has 1 N–H and O–H groups in total. The van der Waals surface area contributed by atoms with Crippen molar-refractivity contribution >= 4 is 11.9 Å². The van der Waals surface area contributed by atoms with Crippen LogP contribution in [0.5, 0.6) is 0 Å². The molecule has 1 unspecified atom stereocenters. The first-order valence-corrected chi connectivity index (χ1v) is 5.23. The van der Waals surface area contributed by atoms with Gasteiger partial charge >= 0.3 is 5.97 Å². The fourth-order valence-corrected chi connectivity index (χ4v) is 1.35. The second-order valence-electron chi connectivity index (χ2n) is 3.44. The Balaban J connectivity index is 2.71. The lowest BCUT2D eigenvalue weighted by Gasteiger charge is -2.14. The molecule has 0 aliphatic carbocycles. The van der Waals surface area contributed by atoms with E-state index < -0.39 is 12.0 Å². The van der Waals surface area contributed by atoms with Crippen molar-refractivity contribution in [3.05, 3.63) is 48.6 Å². The van der Waals surface area contributed by atoms with Gasteiger partial charge in [-0.1, -0.05) is 24.3 Å². The Hall–Kier alpha value is -2.10. The lowest BCUT2D eigenvalue weighted by Crippen LogP contribution is -2.41. The van der Waals surface area contributed by atoms with E-state index in [1.54, 1.807) is 30.3 Å². The molecule has 1 aromatic rings. The van der Waals surface area contributed by atoms with Gasteiger partial charge in [0.25, 0.3) is 5.91 Å². The van der Waals surface area contributed by atoms with Crippen LogP contribution in [0.2, 0.25) is 0 Å². The molecule has 0 radical (unpaired) electrons. The predicted molar refractivity (Wildman–Crippen MR) is 64.5 cm³/mol. The van der Waals surface area contributed by atoms with Crippen LogP contribution < -0.4 is 5.32 Å². The average molecular weight is 233 g/mol. The number of hydrogen-bond acceptors (Lipinski definition) is 3. The molecule has 4 nitrogen and oxygen atoms in total. The van der Waals surface area contributed by atoms with E-state index in [2.05, 4.69) is 16.6 Å². The molecule has 0 heterocycles. The van der Waals surface area contributed by atoms with Gasteiger partial charge in [-0.05, 0) is 18.6 Å². The number of benzene rings is 1. The number of rotatable bonds is 5. The highest BCUT2D eigenvalue weighted by Crippen LogP contribution is 2.02. The van der Waals surface area contributed by atoms with Crippen LogP contribution in [0.3, 0.4) is 0 Å². The van der Waals surface area contributed by atoms with Crippen LogP contribution in [0.1, 0.15) is 16.8 Å². The smallest absolute Gasteiger partial charge is 0.328 e. The molecule has 4 heteroatoms. The van der Waals surface area contributed by atoms with Gasteiger partial charge in [0.15, 0.2) is 0 Å². The standard InChI is InChI=1S/C13H15NO3/c1-3-7-11(13(16)17-2)14-12(15)10-8-5-4-6-9-10/h3-6,8-9,11H,1,7H2,2H3,(H,14,15). The fraction of sp³-hybridized carbons (Fsp3) is 0.231. The van der Waals surface area contributed by atoms with E-state index in [0.29, 0.717) is 12.0 Å². The van der Waals surface area contributed by atoms with E-state index in [1.807, 2.05) is 6.07 Å². The number of methoxy groups -OCH3 is 1. The molecule has 0 bridgehead atoms. The summed E-state index contributed by atoms with van der Waals surface area (Å²) in [5.41, 5.74) is 0.505. The molecular weight excluding hydrogens is 218 g/mol. The molecule has 0 saturated carbocycles. The SMILES string of the molecule is C=CCC(NC(=O)c1ccccc1)C(=O)OC. The Morgan fingerprint density at radius 1 is 1.41 bits per heavy atom. The Morgan fingerprint density at radius 3 is 2.59 bits per heavy atom. The van der Waals surface area contributed by atoms with Crippen molar-refractivity contribution in [2.24, 2.45) is 0 Å². The van der Waals surface area contributed by atoms with E-state index in [1.165, 1.54) is 7.11 Å². The zero-order chi connectivity index (χ0) is 12.7. The van der Waals surface area contributed by atoms with E-state index in [0.717, 1.165) is 0 Å². The monoisotopic (exact) mass is 233 g/mol. The first kappa shape index (κ1) is 13.0. The van der Waals surface area contributed by atoms with Gasteiger partial charge in [-0.2, -0.15) is 0 Å². The molecule has 17 heavy (non-hydrogen) atoms. The zero-order valence-electron chi connectivity index (χ0n) is 9.68. The number of amides is 1. The molecule has 0 aliphatic rings. The molecule has 1 rings (SSSR count). The summed E-state index contributed by atoms with van der Waals surface area (Å²) >= 11 is 0. The summed E-state index contributed by atoms with van der Waals surface area (Å²) in [5, 5.41) is 2.60. The van der Waals surface area contributed by atoms with E-state index in [4.69, 9.17) is 0 Å². The Kier molecular flexibility index (Phi) is 4.94. The third kappa shape index (κ3) is 3.75. The van der Waals surface area contributed by atoms with Crippen molar-refractivity contribution in [1.29, 1.82) is 0 Å². The second-order valence-corrected chi connectivity index (χ2v) is 3.44. The molecule has 1 atom stereocenters. The van der Waals surface area contributed by atoms with Gasteiger partial charge in [0.2, 0.25) is 0 Å². The topological polar surface area (TPSA) is 55.4 Å². The van der Waals surface area contributed by atoms with Crippen molar-refractivity contribution in [3.63, 3.8) is 0 Å². The minimum atomic E-state index is -0.690. The third-order valence-corrected chi connectivity index (χ3v) is 2.23. The van der Waals surface area contributed by atoms with E-state index >= 15 is 0 Å². The number of ether oxygens (including phenoxy) is 1. The number of hydrogen-bond donors (Lipinski definition) is 1. The maximum atomic E-state index is 11.8. The summed E-state index contributed by atoms with van der Waals surface area (Å²) < 4.78 is 4.60. The molecule has 0 aromatic heterocycles. The number of carbonyl (C=O) groups is 2. The van der Waals surface area contributed by atoms with Crippen LogP contribution in [0.25, 0.3) is 0 Å². The van der Waals surface area contributed by atoms with Gasteiger partial charge < -0.3 is 10.1 Å². The van der Waals surface area contributed by atoms with Gasteiger partial charge in [0, 0.05) is 5.56 Å². The first-order chi connectivity index (χ1) is 8.19. The lowest BCUT2D eigenvalue weighted by atomic mass is 10.1. The first-order valence-electron chi connectivity index (χ1n) is 5.23. The molecule has 0 saturated heterocycles. The molecule has 0 aliphatic heterocycles. The summed E-state index contributed by atoms with van der Waals surface area (Å²) in [4.78, 5) is 23.2. The summed E-state index contributed by atoms with van der Waals surface area (Å²) in [7, 11) is 1.28. The van der Waals surface area contributed by atoms with Crippen LogP contribution in [-0.4, -0.2) is 25.0 Å². The third-order valence-electron chi connectivity index (χ3n) is 2.23. The number of esters is 1. The maximum Gasteiger partial charge on any atom is 0.328 e. The minimum Gasteiger partial charge on any atom is -0.467 e. The summed E-state index contributed by atoms with van der Waals surface area (Å²) in [5.74, 6) is -0.781. The summed E-state index contributed by atoms with van der Waals surface area (Å²) in [6, 6.07) is 8.00. The van der Waals surface area contributed by atoms with Crippen LogP contribution in [0.4, 0.5) is 0 Å². The molecule has 0 fully saturated rings. The lowest BCUT2D eigenvalue weighted by molar-refractivity contribution is -0.142. The molecule has 1 aromatic carbocycles. The fourth-order valence-electron chi connectivity index (χ4n) is 1.35. The van der Waals surface area contributed by atoms with Crippen LogP contribution in [0.15, 0.2) is 43.0 Å². The Bertz CT molecular complexity index is 400. The van der Waals surface area contributed by atoms with Crippen molar-refractivity contribution in [2.45, 2.75) is 12.5 Å². The van der Waals surface area contributed by atoms with Crippen LogP contribution in [0, 0.1) is 0 Å². The second kappa shape index (κ2) is 6.48. The van der Waals surface area contributed by atoms with Gasteiger partial charge in [-0.3, -0.25) is 4.79 Å². The van der Waals surface area contributed by atoms with Crippen molar-refractivity contribution in [3.8, 4) is 0 Å². The van der Waals surface area contributed by atoms with Gasteiger partial charge in [0.1, 0.15) is 6.04 Å². The number of nitrogens with one attached hydrogen (secondary N) is 1. The van der Waals surface area contributed by atoms with Crippen molar-refractivity contribution < 1.29 is 14.3 Å². The Morgan fingerprint density at radius 2 is 2.06 bits per heavy atom. The average Bonchev–Trinajstić information content (AvgIpc) is 2.38.